The zero-order chi connectivity index (χ0) is 16.7. The van der Waals surface area contributed by atoms with Crippen LogP contribution in [-0.4, -0.2) is 50.3 Å². The number of nitrogens with zero attached hydrogens (tertiary/aromatic N) is 2. The Bertz CT molecular complexity index is 519. The van der Waals surface area contributed by atoms with Gasteiger partial charge in [-0.1, -0.05) is 23.8 Å². The third-order valence-corrected chi connectivity index (χ3v) is 4.53. The summed E-state index contributed by atoms with van der Waals surface area (Å²) in [5.74, 6) is 1.02. The highest BCUT2D eigenvalue weighted by Gasteiger charge is 2.21. The minimum absolute atomic E-state index is 0.421. The van der Waals surface area contributed by atoms with E-state index >= 15 is 0 Å². The zero-order valence-corrected chi connectivity index (χ0v) is 15.1. The van der Waals surface area contributed by atoms with Gasteiger partial charge in [-0.05, 0) is 51.2 Å². The van der Waals surface area contributed by atoms with Crippen LogP contribution >= 0.6 is 0 Å². The van der Waals surface area contributed by atoms with Crippen molar-refractivity contribution in [3.63, 3.8) is 0 Å². The van der Waals surface area contributed by atoms with Crippen molar-refractivity contribution in [2.24, 2.45) is 4.99 Å². The van der Waals surface area contributed by atoms with Crippen LogP contribution in [0.15, 0.2) is 23.2 Å². The lowest BCUT2D eigenvalue weighted by atomic mass is 10.0. The SMILES string of the molecule is CCOC1CCN(C(=NC)NCCc2ccc(C)cc2C)CC1. The van der Waals surface area contributed by atoms with Crippen LogP contribution in [0.3, 0.4) is 0 Å². The molecule has 0 radical (unpaired) electrons. The number of aryl methyl sites for hydroxylation is 2. The molecule has 1 aliphatic heterocycles. The molecule has 0 aromatic heterocycles. The van der Waals surface area contributed by atoms with E-state index in [9.17, 15) is 0 Å². The molecule has 0 bridgehead atoms. The highest BCUT2D eigenvalue weighted by molar-refractivity contribution is 5.80. The molecule has 1 aromatic carbocycles. The summed E-state index contributed by atoms with van der Waals surface area (Å²) >= 11 is 0. The summed E-state index contributed by atoms with van der Waals surface area (Å²) in [4.78, 5) is 6.79. The van der Waals surface area contributed by atoms with Crippen LogP contribution in [0.2, 0.25) is 0 Å². The lowest BCUT2D eigenvalue weighted by Crippen LogP contribution is -2.47. The van der Waals surface area contributed by atoms with E-state index in [1.807, 2.05) is 7.05 Å². The molecule has 1 heterocycles. The zero-order valence-electron chi connectivity index (χ0n) is 15.1. The van der Waals surface area contributed by atoms with Crippen LogP contribution in [0.1, 0.15) is 36.5 Å². The highest BCUT2D eigenvalue weighted by atomic mass is 16.5. The predicted octanol–water partition coefficient (Wildman–Crippen LogP) is 2.92. The predicted molar refractivity (Wildman–Crippen MR) is 97.2 cm³/mol. The van der Waals surface area contributed by atoms with Crippen molar-refractivity contribution < 1.29 is 4.74 Å². The molecular weight excluding hydrogens is 286 g/mol. The Balaban J connectivity index is 1.79. The number of nitrogens with one attached hydrogen (secondary N) is 1. The van der Waals surface area contributed by atoms with Gasteiger partial charge < -0.3 is 15.0 Å². The quantitative estimate of drug-likeness (QED) is 0.670. The number of benzene rings is 1. The fourth-order valence-corrected chi connectivity index (χ4v) is 3.24. The van der Waals surface area contributed by atoms with Gasteiger partial charge in [0.15, 0.2) is 5.96 Å². The van der Waals surface area contributed by atoms with Crippen LogP contribution in [0.4, 0.5) is 0 Å². The molecule has 0 aliphatic carbocycles. The number of rotatable bonds is 5. The smallest absolute Gasteiger partial charge is 0.193 e. The summed E-state index contributed by atoms with van der Waals surface area (Å²) < 4.78 is 5.72. The van der Waals surface area contributed by atoms with Crippen LogP contribution in [0.5, 0.6) is 0 Å². The van der Waals surface area contributed by atoms with Gasteiger partial charge in [0.25, 0.3) is 0 Å². The van der Waals surface area contributed by atoms with Gasteiger partial charge >= 0.3 is 0 Å². The van der Waals surface area contributed by atoms with Gasteiger partial charge in [0.1, 0.15) is 0 Å². The van der Waals surface area contributed by atoms with Crippen molar-refractivity contribution in [2.75, 3.05) is 33.3 Å². The minimum atomic E-state index is 0.421. The lowest BCUT2D eigenvalue weighted by Gasteiger charge is -2.34. The molecule has 1 fully saturated rings. The molecule has 1 N–H and O–H groups in total. The van der Waals surface area contributed by atoms with Gasteiger partial charge in [-0.2, -0.15) is 0 Å². The second kappa shape index (κ2) is 8.92. The normalized spacial score (nSPS) is 16.7. The number of piperidine rings is 1. The molecule has 1 aromatic rings. The third kappa shape index (κ3) is 5.24. The van der Waals surface area contributed by atoms with Crippen molar-refractivity contribution in [3.8, 4) is 0 Å². The molecule has 4 nitrogen and oxygen atoms in total. The molecule has 4 heteroatoms. The molecule has 1 aliphatic rings. The Morgan fingerprint density at radius 2 is 2.04 bits per heavy atom. The number of aliphatic imine (C=N–C) groups is 1. The summed E-state index contributed by atoms with van der Waals surface area (Å²) in [6.07, 6.45) is 3.63. The maximum absolute atomic E-state index is 5.72. The second-order valence-corrected chi connectivity index (χ2v) is 6.30. The highest BCUT2D eigenvalue weighted by Crippen LogP contribution is 2.14. The number of guanidine groups is 1. The molecule has 0 spiro atoms. The van der Waals surface area contributed by atoms with E-state index in [1.165, 1.54) is 16.7 Å². The fraction of sp³-hybridized carbons (Fsp3) is 0.632. The van der Waals surface area contributed by atoms with Crippen LogP contribution < -0.4 is 5.32 Å². The topological polar surface area (TPSA) is 36.9 Å². The van der Waals surface area contributed by atoms with E-state index < -0.39 is 0 Å². The van der Waals surface area contributed by atoms with Gasteiger partial charge in [-0.15, -0.1) is 0 Å². The van der Waals surface area contributed by atoms with E-state index in [2.05, 4.69) is 54.2 Å². The summed E-state index contributed by atoms with van der Waals surface area (Å²) in [5.41, 5.74) is 4.11. The average Bonchev–Trinajstić information content (AvgIpc) is 2.55. The Morgan fingerprint density at radius 3 is 2.65 bits per heavy atom. The van der Waals surface area contributed by atoms with E-state index in [1.54, 1.807) is 0 Å². The van der Waals surface area contributed by atoms with Crippen molar-refractivity contribution in [2.45, 2.75) is 46.1 Å². The van der Waals surface area contributed by atoms with Crippen LogP contribution in [-0.2, 0) is 11.2 Å². The largest absolute Gasteiger partial charge is 0.378 e. The number of hydrogen-bond acceptors (Lipinski definition) is 2. The first-order valence-corrected chi connectivity index (χ1v) is 8.77. The summed E-state index contributed by atoms with van der Waals surface area (Å²) in [6.45, 7) is 10.2. The molecule has 0 unspecified atom stereocenters. The Hall–Kier alpha value is -1.55. The third-order valence-electron chi connectivity index (χ3n) is 4.53. The minimum Gasteiger partial charge on any atom is -0.378 e. The van der Waals surface area contributed by atoms with E-state index in [0.717, 1.165) is 51.5 Å². The first kappa shape index (κ1) is 17.8. The number of ether oxygens (including phenoxy) is 1. The lowest BCUT2D eigenvalue weighted by molar-refractivity contribution is 0.0264. The monoisotopic (exact) mass is 317 g/mol. The molecule has 23 heavy (non-hydrogen) atoms. The van der Waals surface area contributed by atoms with Gasteiger partial charge in [0.05, 0.1) is 6.10 Å². The van der Waals surface area contributed by atoms with E-state index in [-0.39, 0.29) is 0 Å². The van der Waals surface area contributed by atoms with Crippen LogP contribution in [0, 0.1) is 13.8 Å². The molecule has 0 atom stereocenters. The Labute approximate surface area is 140 Å². The Morgan fingerprint density at radius 1 is 1.30 bits per heavy atom. The fourth-order valence-electron chi connectivity index (χ4n) is 3.24. The molecule has 128 valence electrons. The van der Waals surface area contributed by atoms with Crippen molar-refractivity contribution >= 4 is 5.96 Å². The Kier molecular flexibility index (Phi) is 6.90. The summed E-state index contributed by atoms with van der Waals surface area (Å²) in [7, 11) is 1.87. The standard InChI is InChI=1S/C19H31N3O/c1-5-23-18-9-12-22(13-10-18)19(20-4)21-11-8-17-7-6-15(2)14-16(17)3/h6-7,14,18H,5,8-13H2,1-4H3,(H,20,21). The molecule has 0 amide bonds. The van der Waals surface area contributed by atoms with Gasteiger partial charge in [0.2, 0.25) is 0 Å². The van der Waals surface area contributed by atoms with Gasteiger partial charge in [-0.25, -0.2) is 0 Å². The number of likely N-dealkylation sites (tertiary alicyclic amines) is 1. The van der Waals surface area contributed by atoms with Gasteiger partial charge in [-0.3, -0.25) is 4.99 Å². The second-order valence-electron chi connectivity index (χ2n) is 6.30. The summed E-state index contributed by atoms with van der Waals surface area (Å²) in [6, 6.07) is 6.68. The van der Waals surface area contributed by atoms with E-state index in [4.69, 9.17) is 4.74 Å². The van der Waals surface area contributed by atoms with Crippen LogP contribution in [0.25, 0.3) is 0 Å². The molecule has 2 rings (SSSR count). The maximum atomic E-state index is 5.72. The molecule has 1 saturated heterocycles. The first-order chi connectivity index (χ1) is 11.1. The van der Waals surface area contributed by atoms with Crippen molar-refractivity contribution in [1.29, 1.82) is 0 Å². The van der Waals surface area contributed by atoms with Crippen molar-refractivity contribution in [1.82, 2.24) is 10.2 Å². The number of hydrogen-bond donors (Lipinski definition) is 1. The molecule has 0 saturated carbocycles. The maximum Gasteiger partial charge on any atom is 0.193 e. The van der Waals surface area contributed by atoms with E-state index in [0.29, 0.717) is 6.10 Å². The first-order valence-electron chi connectivity index (χ1n) is 8.77. The van der Waals surface area contributed by atoms with Crippen molar-refractivity contribution in [3.05, 3.63) is 34.9 Å². The molecular formula is C19H31N3O. The average molecular weight is 317 g/mol. The summed E-state index contributed by atoms with van der Waals surface area (Å²) in [5, 5.41) is 3.51. The van der Waals surface area contributed by atoms with Gasteiger partial charge in [0, 0.05) is 33.3 Å².